The van der Waals surface area contributed by atoms with Crippen LogP contribution in [0.25, 0.3) is 0 Å². The highest BCUT2D eigenvalue weighted by molar-refractivity contribution is 5.97. The molecule has 1 aromatic rings. The van der Waals surface area contributed by atoms with E-state index in [0.29, 0.717) is 5.56 Å². The molecule has 1 aromatic carbocycles. The molecule has 20 heavy (non-hydrogen) atoms. The Hall–Kier alpha value is -2.15. The lowest BCUT2D eigenvalue weighted by Gasteiger charge is -2.19. The van der Waals surface area contributed by atoms with Gasteiger partial charge in [-0.15, -0.1) is 0 Å². The van der Waals surface area contributed by atoms with E-state index in [2.05, 4.69) is 10.5 Å². The topological polar surface area (TPSA) is 114 Å². The fourth-order valence-corrected chi connectivity index (χ4v) is 1.79. The number of amides is 1. The fraction of sp³-hybridized carbons (Fsp3) is 0.385. The smallest absolute Gasteiger partial charge is 0.234 e. The van der Waals surface area contributed by atoms with Crippen LogP contribution < -0.4 is 16.8 Å². The third-order valence-corrected chi connectivity index (χ3v) is 2.94. The molecule has 1 atom stereocenters. The van der Waals surface area contributed by atoms with Gasteiger partial charge in [-0.25, -0.2) is 4.39 Å². The molecular weight excluding hydrogens is 263 g/mol. The van der Waals surface area contributed by atoms with E-state index in [4.69, 9.17) is 16.7 Å². The summed E-state index contributed by atoms with van der Waals surface area (Å²) >= 11 is 0. The van der Waals surface area contributed by atoms with Gasteiger partial charge in [0.2, 0.25) is 5.91 Å². The van der Waals surface area contributed by atoms with Crippen molar-refractivity contribution in [2.45, 2.75) is 26.4 Å². The van der Waals surface area contributed by atoms with Crippen molar-refractivity contribution in [2.24, 2.45) is 22.5 Å². The molecule has 7 heteroatoms. The van der Waals surface area contributed by atoms with Crippen LogP contribution in [0.5, 0.6) is 0 Å². The molecule has 0 fully saturated rings. The van der Waals surface area contributed by atoms with Gasteiger partial charge in [0.25, 0.3) is 0 Å². The van der Waals surface area contributed by atoms with Gasteiger partial charge in [-0.1, -0.05) is 31.1 Å². The van der Waals surface area contributed by atoms with Crippen molar-refractivity contribution >= 4 is 11.7 Å². The number of hydrogen-bond acceptors (Lipinski definition) is 4. The van der Waals surface area contributed by atoms with E-state index < -0.39 is 17.8 Å². The van der Waals surface area contributed by atoms with Gasteiger partial charge in [0.1, 0.15) is 5.82 Å². The second kappa shape index (κ2) is 6.85. The monoisotopic (exact) mass is 282 g/mol. The molecule has 0 saturated carbocycles. The predicted octanol–water partition coefficient (Wildman–Crippen LogP) is 0.520. The molecule has 0 spiro atoms. The molecule has 110 valence electrons. The maximum Gasteiger partial charge on any atom is 0.234 e. The number of benzene rings is 1. The Balaban J connectivity index is 2.81. The lowest BCUT2D eigenvalue weighted by Crippen LogP contribution is -2.44. The van der Waals surface area contributed by atoms with Crippen LogP contribution in [0.15, 0.2) is 23.4 Å². The molecule has 1 rings (SSSR count). The third-order valence-electron chi connectivity index (χ3n) is 2.94. The average molecular weight is 282 g/mol. The summed E-state index contributed by atoms with van der Waals surface area (Å²) in [6, 6.07) is 3.68. The first-order valence-electron chi connectivity index (χ1n) is 6.15. The lowest BCUT2D eigenvalue weighted by molar-refractivity contribution is -0.121. The summed E-state index contributed by atoms with van der Waals surface area (Å²) in [4.78, 5) is 11.2. The SMILES string of the molecule is CC(C)C(NCc1ccc(/C(N)=N/O)cc1F)C(N)=O. The molecule has 0 bridgehead atoms. The summed E-state index contributed by atoms with van der Waals surface area (Å²) in [5.41, 5.74) is 11.3. The average Bonchev–Trinajstić information content (AvgIpc) is 2.38. The van der Waals surface area contributed by atoms with Crippen molar-refractivity contribution in [3.8, 4) is 0 Å². The van der Waals surface area contributed by atoms with Crippen LogP contribution in [0, 0.1) is 11.7 Å². The predicted molar refractivity (Wildman–Crippen MR) is 73.6 cm³/mol. The third kappa shape index (κ3) is 3.92. The number of nitrogens with two attached hydrogens (primary N) is 2. The Morgan fingerprint density at radius 1 is 1.45 bits per heavy atom. The molecular formula is C13H19FN4O2. The summed E-state index contributed by atoms with van der Waals surface area (Å²) in [7, 11) is 0. The van der Waals surface area contributed by atoms with Crippen LogP contribution in [0.3, 0.4) is 0 Å². The number of halogens is 1. The Morgan fingerprint density at radius 3 is 2.55 bits per heavy atom. The number of nitrogens with one attached hydrogen (secondary N) is 1. The molecule has 1 unspecified atom stereocenters. The van der Waals surface area contributed by atoms with Gasteiger partial charge in [-0.05, 0) is 12.0 Å². The molecule has 0 heterocycles. The van der Waals surface area contributed by atoms with Crippen molar-refractivity contribution in [3.05, 3.63) is 35.1 Å². The summed E-state index contributed by atoms with van der Waals surface area (Å²) in [6.07, 6.45) is 0. The zero-order valence-corrected chi connectivity index (χ0v) is 11.4. The van der Waals surface area contributed by atoms with Crippen LogP contribution in [-0.4, -0.2) is 23.0 Å². The molecule has 1 amide bonds. The first kappa shape index (κ1) is 15.9. The number of rotatable bonds is 6. The van der Waals surface area contributed by atoms with E-state index in [-0.39, 0.29) is 23.9 Å². The zero-order chi connectivity index (χ0) is 15.3. The zero-order valence-electron chi connectivity index (χ0n) is 11.4. The van der Waals surface area contributed by atoms with Gasteiger partial charge in [0.15, 0.2) is 5.84 Å². The first-order valence-corrected chi connectivity index (χ1v) is 6.15. The maximum absolute atomic E-state index is 13.9. The van der Waals surface area contributed by atoms with Crippen molar-refractivity contribution in [1.29, 1.82) is 0 Å². The fourth-order valence-electron chi connectivity index (χ4n) is 1.79. The van der Waals surface area contributed by atoms with E-state index in [0.717, 1.165) is 0 Å². The number of primary amides is 1. The van der Waals surface area contributed by atoms with Gasteiger partial charge in [0, 0.05) is 17.7 Å². The van der Waals surface area contributed by atoms with E-state index in [1.54, 1.807) is 0 Å². The number of nitrogens with zero attached hydrogens (tertiary/aromatic N) is 1. The van der Waals surface area contributed by atoms with Crippen LogP contribution in [0.2, 0.25) is 0 Å². The highest BCUT2D eigenvalue weighted by Gasteiger charge is 2.19. The number of carbonyl (C=O) groups excluding carboxylic acids is 1. The van der Waals surface area contributed by atoms with Crippen molar-refractivity contribution in [3.63, 3.8) is 0 Å². The van der Waals surface area contributed by atoms with Crippen LogP contribution in [0.1, 0.15) is 25.0 Å². The van der Waals surface area contributed by atoms with E-state index in [9.17, 15) is 9.18 Å². The maximum atomic E-state index is 13.9. The molecule has 0 aromatic heterocycles. The molecule has 0 saturated heterocycles. The summed E-state index contributed by atoms with van der Waals surface area (Å²) in [5.74, 6) is -1.14. The highest BCUT2D eigenvalue weighted by atomic mass is 19.1. The normalized spacial score (nSPS) is 13.5. The van der Waals surface area contributed by atoms with Gasteiger partial charge in [-0.3, -0.25) is 4.79 Å². The number of hydrogen-bond donors (Lipinski definition) is 4. The standard InChI is InChI=1S/C13H19FN4O2/c1-7(2)11(13(16)19)17-6-9-4-3-8(5-10(9)14)12(15)18-20/h3-5,7,11,17,20H,6H2,1-2H3,(H2,15,18)(H2,16,19). The summed E-state index contributed by atoms with van der Waals surface area (Å²) < 4.78 is 13.9. The second-order valence-electron chi connectivity index (χ2n) is 4.80. The Labute approximate surface area is 116 Å². The quantitative estimate of drug-likeness (QED) is 0.263. The lowest BCUT2D eigenvalue weighted by atomic mass is 10.0. The van der Waals surface area contributed by atoms with Gasteiger partial charge >= 0.3 is 0 Å². The van der Waals surface area contributed by atoms with E-state index in [1.165, 1.54) is 18.2 Å². The number of amidine groups is 1. The van der Waals surface area contributed by atoms with Crippen molar-refractivity contribution < 1.29 is 14.4 Å². The van der Waals surface area contributed by atoms with Gasteiger partial charge in [0.05, 0.1) is 6.04 Å². The Bertz CT molecular complexity index is 517. The molecule has 6 nitrogen and oxygen atoms in total. The van der Waals surface area contributed by atoms with Crippen LogP contribution >= 0.6 is 0 Å². The van der Waals surface area contributed by atoms with Gasteiger partial charge < -0.3 is 22.0 Å². The van der Waals surface area contributed by atoms with E-state index >= 15 is 0 Å². The van der Waals surface area contributed by atoms with Gasteiger partial charge in [-0.2, -0.15) is 0 Å². The van der Waals surface area contributed by atoms with Crippen LogP contribution in [-0.2, 0) is 11.3 Å². The minimum absolute atomic E-state index is 0.00648. The van der Waals surface area contributed by atoms with E-state index in [1.807, 2.05) is 13.8 Å². The molecule has 0 aliphatic carbocycles. The summed E-state index contributed by atoms with van der Waals surface area (Å²) in [6.45, 7) is 3.86. The minimum atomic E-state index is -0.529. The highest BCUT2D eigenvalue weighted by Crippen LogP contribution is 2.11. The molecule has 6 N–H and O–H groups in total. The molecule has 0 aliphatic heterocycles. The first-order chi connectivity index (χ1) is 9.36. The van der Waals surface area contributed by atoms with Crippen molar-refractivity contribution in [2.75, 3.05) is 0 Å². The Morgan fingerprint density at radius 2 is 2.10 bits per heavy atom. The number of carbonyl (C=O) groups is 1. The van der Waals surface area contributed by atoms with Crippen LogP contribution in [0.4, 0.5) is 4.39 Å². The second-order valence-corrected chi connectivity index (χ2v) is 4.80. The minimum Gasteiger partial charge on any atom is -0.409 e. The Kier molecular flexibility index (Phi) is 5.45. The van der Waals surface area contributed by atoms with Crippen molar-refractivity contribution in [1.82, 2.24) is 5.32 Å². The molecule has 0 radical (unpaired) electrons. The number of oxime groups is 1. The summed E-state index contributed by atoms with van der Waals surface area (Å²) in [5, 5.41) is 14.2. The molecule has 0 aliphatic rings. The largest absolute Gasteiger partial charge is 0.409 e.